The average molecular weight is 546 g/mol. The van der Waals surface area contributed by atoms with Gasteiger partial charge in [0.25, 0.3) is 0 Å². The van der Waals surface area contributed by atoms with E-state index in [1.807, 2.05) is 23.9 Å². The minimum Gasteiger partial charge on any atom is -0.378 e. The van der Waals surface area contributed by atoms with Gasteiger partial charge in [-0.15, -0.1) is 5.10 Å². The Hall–Kier alpha value is -3.37. The molecule has 40 heavy (non-hydrogen) atoms. The molecule has 0 spiro atoms. The second kappa shape index (κ2) is 13.8. The van der Waals surface area contributed by atoms with Crippen molar-refractivity contribution in [3.63, 3.8) is 0 Å². The number of ether oxygens (including phenoxy) is 1. The van der Waals surface area contributed by atoms with Crippen molar-refractivity contribution in [2.24, 2.45) is 5.92 Å². The Morgan fingerprint density at radius 3 is 2.25 bits per heavy atom. The van der Waals surface area contributed by atoms with Gasteiger partial charge in [0, 0.05) is 44.1 Å². The second-order valence-electron chi connectivity index (χ2n) is 11.1. The minimum atomic E-state index is -0.524. The number of hydrogen-bond acceptors (Lipinski definition) is 5. The van der Waals surface area contributed by atoms with Gasteiger partial charge in [0.15, 0.2) is 0 Å². The highest BCUT2D eigenvalue weighted by molar-refractivity contribution is 5.67. The molecule has 1 aliphatic heterocycles. The van der Waals surface area contributed by atoms with Gasteiger partial charge < -0.3 is 15.0 Å². The lowest BCUT2D eigenvalue weighted by Crippen LogP contribution is -2.45. The Bertz CT molecular complexity index is 1260. The van der Waals surface area contributed by atoms with Crippen molar-refractivity contribution >= 4 is 11.5 Å². The summed E-state index contributed by atoms with van der Waals surface area (Å²) in [5, 5.41) is 17.6. The van der Waals surface area contributed by atoms with Crippen molar-refractivity contribution < 1.29 is 9.13 Å². The highest BCUT2D eigenvalue weighted by Crippen LogP contribution is 2.34. The zero-order valence-electron chi connectivity index (χ0n) is 24.5. The molecular weight excluding hydrogens is 501 g/mol. The molecule has 7 heteroatoms. The number of nitrogens with zero attached hydrogens (tertiary/aromatic N) is 4. The SMILES string of the molecule is CCCC(CCC)CNc1cc(-c2ccc(C#N)c(F)c2)n(-c2ccc(N3CCC(CCC)(OC)CC3)cc2)n1. The van der Waals surface area contributed by atoms with Gasteiger partial charge in [-0.1, -0.05) is 46.1 Å². The van der Waals surface area contributed by atoms with Crippen molar-refractivity contribution in [3.8, 4) is 23.0 Å². The Kier molecular flexibility index (Phi) is 10.2. The lowest BCUT2D eigenvalue weighted by Gasteiger charge is -2.41. The van der Waals surface area contributed by atoms with Gasteiger partial charge in [-0.3, -0.25) is 0 Å². The molecule has 214 valence electrons. The fraction of sp³-hybridized carbons (Fsp3) is 0.515. The van der Waals surface area contributed by atoms with E-state index in [4.69, 9.17) is 9.84 Å². The van der Waals surface area contributed by atoms with Gasteiger partial charge in [-0.25, -0.2) is 9.07 Å². The van der Waals surface area contributed by atoms with Gasteiger partial charge in [0.2, 0.25) is 0 Å². The monoisotopic (exact) mass is 545 g/mol. The molecule has 0 aliphatic carbocycles. The van der Waals surface area contributed by atoms with E-state index in [0.29, 0.717) is 11.5 Å². The summed E-state index contributed by atoms with van der Waals surface area (Å²) in [6.07, 6.45) is 8.95. The number of methoxy groups -OCH3 is 1. The van der Waals surface area contributed by atoms with Crippen LogP contribution in [0.3, 0.4) is 0 Å². The summed E-state index contributed by atoms with van der Waals surface area (Å²) in [6.45, 7) is 9.46. The molecule has 1 aromatic heterocycles. The summed E-state index contributed by atoms with van der Waals surface area (Å²) in [6, 6.07) is 17.1. The smallest absolute Gasteiger partial charge is 0.149 e. The number of halogens is 1. The van der Waals surface area contributed by atoms with Gasteiger partial charge >= 0.3 is 0 Å². The molecule has 0 saturated carbocycles. The van der Waals surface area contributed by atoms with Gasteiger partial charge in [0.1, 0.15) is 17.7 Å². The molecule has 4 rings (SSSR count). The van der Waals surface area contributed by atoms with Crippen LogP contribution < -0.4 is 10.2 Å². The first-order valence-electron chi connectivity index (χ1n) is 14.9. The Morgan fingerprint density at radius 1 is 1.00 bits per heavy atom. The third kappa shape index (κ3) is 6.85. The van der Waals surface area contributed by atoms with Crippen molar-refractivity contribution in [2.45, 2.75) is 77.7 Å². The van der Waals surface area contributed by atoms with Gasteiger partial charge in [-0.2, -0.15) is 5.26 Å². The number of hydrogen-bond donors (Lipinski definition) is 1. The molecule has 1 aliphatic rings. The van der Waals surface area contributed by atoms with Crippen molar-refractivity contribution in [1.29, 1.82) is 5.26 Å². The summed E-state index contributed by atoms with van der Waals surface area (Å²) < 4.78 is 22.4. The number of benzene rings is 2. The van der Waals surface area contributed by atoms with Gasteiger partial charge in [-0.05, 0) is 74.4 Å². The quantitative estimate of drug-likeness (QED) is 0.236. The summed E-state index contributed by atoms with van der Waals surface area (Å²) in [4.78, 5) is 2.42. The van der Waals surface area contributed by atoms with Crippen LogP contribution in [-0.2, 0) is 4.74 Å². The zero-order chi connectivity index (χ0) is 28.5. The number of rotatable bonds is 13. The predicted octanol–water partition coefficient (Wildman–Crippen LogP) is 7.96. The molecule has 0 unspecified atom stereocenters. The molecule has 1 N–H and O–H groups in total. The molecule has 0 atom stereocenters. The lowest BCUT2D eigenvalue weighted by atomic mass is 9.86. The number of nitriles is 1. The van der Waals surface area contributed by atoms with Crippen LogP contribution in [0.25, 0.3) is 16.9 Å². The second-order valence-corrected chi connectivity index (χ2v) is 11.1. The average Bonchev–Trinajstić information content (AvgIpc) is 3.41. The first kappa shape index (κ1) is 29.6. The highest BCUT2D eigenvalue weighted by atomic mass is 19.1. The summed E-state index contributed by atoms with van der Waals surface area (Å²) in [7, 11) is 1.85. The molecule has 0 radical (unpaired) electrons. The number of anilines is 2. The molecule has 6 nitrogen and oxygen atoms in total. The maximum atomic E-state index is 14.6. The van der Waals surface area contributed by atoms with Crippen LogP contribution >= 0.6 is 0 Å². The van der Waals surface area contributed by atoms with Crippen molar-refractivity contribution in [3.05, 3.63) is 59.9 Å². The van der Waals surface area contributed by atoms with E-state index in [2.05, 4.69) is 55.3 Å². The van der Waals surface area contributed by atoms with E-state index in [-0.39, 0.29) is 11.2 Å². The molecule has 0 amide bonds. The maximum Gasteiger partial charge on any atom is 0.149 e. The molecular formula is C33H44FN5O. The molecule has 1 fully saturated rings. The topological polar surface area (TPSA) is 66.1 Å². The van der Waals surface area contributed by atoms with E-state index in [0.717, 1.165) is 75.4 Å². The van der Waals surface area contributed by atoms with Crippen LogP contribution in [0, 0.1) is 23.1 Å². The fourth-order valence-electron chi connectivity index (χ4n) is 6.04. The molecule has 1 saturated heterocycles. The van der Waals surface area contributed by atoms with Crippen LogP contribution in [0.15, 0.2) is 48.5 Å². The van der Waals surface area contributed by atoms with E-state index in [1.165, 1.54) is 30.7 Å². The normalized spacial score (nSPS) is 14.9. The molecule has 2 aromatic carbocycles. The van der Waals surface area contributed by atoms with E-state index in [9.17, 15) is 9.65 Å². The lowest BCUT2D eigenvalue weighted by molar-refractivity contribution is -0.0364. The number of aromatic nitrogens is 2. The highest BCUT2D eigenvalue weighted by Gasteiger charge is 2.33. The minimum absolute atomic E-state index is 0.00217. The molecule has 2 heterocycles. The third-order valence-electron chi connectivity index (χ3n) is 8.33. The molecule has 0 bridgehead atoms. The predicted molar refractivity (Wildman–Crippen MR) is 162 cm³/mol. The van der Waals surface area contributed by atoms with Gasteiger partial charge in [0.05, 0.1) is 22.5 Å². The summed E-state index contributed by atoms with van der Waals surface area (Å²) in [5.74, 6) is 0.835. The molecule has 3 aromatic rings. The summed E-state index contributed by atoms with van der Waals surface area (Å²) in [5.41, 5.74) is 3.60. The van der Waals surface area contributed by atoms with Crippen molar-refractivity contribution in [1.82, 2.24) is 9.78 Å². The van der Waals surface area contributed by atoms with Crippen LogP contribution in [0.5, 0.6) is 0 Å². The maximum absolute atomic E-state index is 14.6. The Balaban J connectivity index is 1.59. The van der Waals surface area contributed by atoms with Crippen molar-refractivity contribution in [2.75, 3.05) is 37.0 Å². The first-order valence-corrected chi connectivity index (χ1v) is 14.9. The van der Waals surface area contributed by atoms with Crippen LogP contribution in [-0.4, -0.2) is 42.1 Å². The Labute approximate surface area is 239 Å². The van der Waals surface area contributed by atoms with E-state index in [1.54, 1.807) is 6.07 Å². The fourth-order valence-corrected chi connectivity index (χ4v) is 6.04. The Morgan fingerprint density at radius 2 is 1.68 bits per heavy atom. The van der Waals surface area contributed by atoms with Crippen LogP contribution in [0.2, 0.25) is 0 Å². The number of nitrogens with one attached hydrogen (secondary N) is 1. The van der Waals surface area contributed by atoms with E-state index < -0.39 is 5.82 Å². The standard InChI is InChI=1S/C33H44FN5O/c1-5-8-25(9-6-2)24-36-32-22-31(26-10-11-27(23-35)30(34)21-26)39(37-32)29-14-12-28(13-15-29)38-19-17-33(40-4,16-7-3)18-20-38/h10-15,21-22,25H,5-9,16-20,24H2,1-4H3,(H,36,37). The van der Waals surface area contributed by atoms with Crippen LogP contribution in [0.1, 0.15) is 77.7 Å². The number of piperidine rings is 1. The first-order chi connectivity index (χ1) is 19.5. The largest absolute Gasteiger partial charge is 0.378 e. The summed E-state index contributed by atoms with van der Waals surface area (Å²) >= 11 is 0. The van der Waals surface area contributed by atoms with Crippen LogP contribution in [0.4, 0.5) is 15.9 Å². The zero-order valence-corrected chi connectivity index (χ0v) is 24.5. The third-order valence-corrected chi connectivity index (χ3v) is 8.33. The van der Waals surface area contributed by atoms with E-state index >= 15 is 0 Å².